The molecule has 0 aromatic carbocycles. The molecule has 1 aromatic rings. The van der Waals surface area contributed by atoms with E-state index in [1.807, 2.05) is 4.90 Å². The van der Waals surface area contributed by atoms with Gasteiger partial charge in [-0.25, -0.2) is 9.97 Å². The monoisotopic (exact) mass is 318 g/mol. The van der Waals surface area contributed by atoms with Crippen molar-refractivity contribution in [3.05, 3.63) is 18.1 Å². The van der Waals surface area contributed by atoms with Gasteiger partial charge in [-0.05, 0) is 25.7 Å². The summed E-state index contributed by atoms with van der Waals surface area (Å²) in [6, 6.07) is 1.54. The second-order valence-corrected chi connectivity index (χ2v) is 6.07. The molecule has 0 N–H and O–H groups in total. The molecule has 7 nitrogen and oxygen atoms in total. The summed E-state index contributed by atoms with van der Waals surface area (Å²) in [5, 5.41) is 0. The van der Waals surface area contributed by atoms with Gasteiger partial charge in [-0.3, -0.25) is 9.59 Å². The van der Waals surface area contributed by atoms with Gasteiger partial charge in [0.25, 0.3) is 5.91 Å². The Morgan fingerprint density at radius 2 is 1.87 bits per heavy atom. The highest BCUT2D eigenvalue weighted by Gasteiger charge is 2.32. The Balaban J connectivity index is 1.67. The normalized spacial score (nSPS) is 21.3. The average molecular weight is 318 g/mol. The minimum atomic E-state index is -0.162. The van der Waals surface area contributed by atoms with Crippen LogP contribution in [0.15, 0.2) is 12.4 Å². The van der Waals surface area contributed by atoms with Crippen LogP contribution in [0.2, 0.25) is 0 Å². The van der Waals surface area contributed by atoms with Gasteiger partial charge < -0.3 is 14.5 Å². The molecule has 3 heterocycles. The van der Waals surface area contributed by atoms with E-state index < -0.39 is 0 Å². The smallest absolute Gasteiger partial charge is 0.272 e. The van der Waals surface area contributed by atoms with Crippen molar-refractivity contribution in [2.45, 2.75) is 25.7 Å². The van der Waals surface area contributed by atoms with Crippen molar-refractivity contribution >= 4 is 11.8 Å². The molecule has 3 rings (SSSR count). The van der Waals surface area contributed by atoms with E-state index in [0.717, 1.165) is 38.8 Å². The van der Waals surface area contributed by atoms with Crippen molar-refractivity contribution in [3.63, 3.8) is 0 Å². The molecule has 0 spiro atoms. The molecule has 0 radical (unpaired) electrons. The van der Waals surface area contributed by atoms with E-state index in [2.05, 4.69) is 9.97 Å². The van der Waals surface area contributed by atoms with Crippen LogP contribution in [0.25, 0.3) is 0 Å². The molecule has 2 fully saturated rings. The van der Waals surface area contributed by atoms with Gasteiger partial charge in [0.05, 0.1) is 13.0 Å². The summed E-state index contributed by atoms with van der Waals surface area (Å²) < 4.78 is 5.04. The second kappa shape index (κ2) is 6.93. The first kappa shape index (κ1) is 15.7. The van der Waals surface area contributed by atoms with Crippen molar-refractivity contribution in [1.29, 1.82) is 0 Å². The second-order valence-electron chi connectivity index (χ2n) is 6.07. The fraction of sp³-hybridized carbons (Fsp3) is 0.625. The molecule has 2 amide bonds. The minimum absolute atomic E-state index is 0.0884. The van der Waals surface area contributed by atoms with Crippen LogP contribution >= 0.6 is 0 Å². The maximum absolute atomic E-state index is 12.6. The highest BCUT2D eigenvalue weighted by molar-refractivity contribution is 5.93. The molecule has 23 heavy (non-hydrogen) atoms. The van der Waals surface area contributed by atoms with E-state index in [9.17, 15) is 9.59 Å². The lowest BCUT2D eigenvalue weighted by Gasteiger charge is -2.33. The zero-order valence-corrected chi connectivity index (χ0v) is 13.4. The first-order valence-electron chi connectivity index (χ1n) is 8.13. The number of carbonyl (C=O) groups excluding carboxylic acids is 2. The van der Waals surface area contributed by atoms with Gasteiger partial charge in [0, 0.05) is 32.2 Å². The average Bonchev–Trinajstić information content (AvgIpc) is 3.15. The molecular formula is C16H22N4O3. The number of hydrogen-bond donors (Lipinski definition) is 0. The van der Waals surface area contributed by atoms with Crippen LogP contribution in [0.4, 0.5) is 0 Å². The fourth-order valence-corrected chi connectivity index (χ4v) is 3.29. The first-order chi connectivity index (χ1) is 11.2. The Hall–Kier alpha value is -2.18. The Bertz CT molecular complexity index is 586. The van der Waals surface area contributed by atoms with Gasteiger partial charge in [-0.2, -0.15) is 0 Å². The number of ether oxygens (including phenoxy) is 1. The summed E-state index contributed by atoms with van der Waals surface area (Å²) in [6.07, 6.45) is 5.19. The summed E-state index contributed by atoms with van der Waals surface area (Å²) >= 11 is 0. The van der Waals surface area contributed by atoms with Crippen LogP contribution in [-0.4, -0.2) is 64.9 Å². The summed E-state index contributed by atoms with van der Waals surface area (Å²) in [5.41, 5.74) is 0.311. The molecule has 124 valence electrons. The predicted octanol–water partition coefficient (Wildman–Crippen LogP) is 0.960. The van der Waals surface area contributed by atoms with Gasteiger partial charge in [-0.15, -0.1) is 0 Å². The lowest BCUT2D eigenvalue weighted by atomic mass is 9.96. The van der Waals surface area contributed by atoms with E-state index in [1.54, 1.807) is 4.90 Å². The number of likely N-dealkylation sites (tertiary alicyclic amines) is 2. The quantitative estimate of drug-likeness (QED) is 0.830. The maximum Gasteiger partial charge on any atom is 0.272 e. The highest BCUT2D eigenvalue weighted by atomic mass is 16.5. The summed E-state index contributed by atoms with van der Waals surface area (Å²) in [6.45, 7) is 2.84. The van der Waals surface area contributed by atoms with Gasteiger partial charge >= 0.3 is 0 Å². The summed E-state index contributed by atoms with van der Waals surface area (Å²) in [5.74, 6) is 0.310. The van der Waals surface area contributed by atoms with Crippen LogP contribution in [0.5, 0.6) is 5.88 Å². The number of methoxy groups -OCH3 is 1. The summed E-state index contributed by atoms with van der Waals surface area (Å²) in [7, 11) is 1.50. The third-order valence-electron chi connectivity index (χ3n) is 4.55. The molecule has 0 saturated carbocycles. The predicted molar refractivity (Wildman–Crippen MR) is 83.0 cm³/mol. The molecule has 1 aromatic heterocycles. The first-order valence-corrected chi connectivity index (χ1v) is 8.13. The number of aromatic nitrogens is 2. The molecule has 2 aliphatic heterocycles. The van der Waals surface area contributed by atoms with E-state index in [-0.39, 0.29) is 17.7 Å². The standard InChI is InChI=1S/C16H22N4O3/c1-23-14-9-13(17-11-18-14)16(22)20-8-4-5-12(10-20)15(21)19-6-2-3-7-19/h9,11-12H,2-8,10H2,1H3. The zero-order chi connectivity index (χ0) is 16.2. The lowest BCUT2D eigenvalue weighted by molar-refractivity contribution is -0.135. The molecule has 0 aliphatic carbocycles. The largest absolute Gasteiger partial charge is 0.481 e. The molecule has 0 bridgehead atoms. The lowest BCUT2D eigenvalue weighted by Crippen LogP contribution is -2.46. The van der Waals surface area contributed by atoms with Crippen molar-refractivity contribution in [3.8, 4) is 5.88 Å². The maximum atomic E-state index is 12.6. The van der Waals surface area contributed by atoms with Crippen molar-refractivity contribution in [2.24, 2.45) is 5.92 Å². The van der Waals surface area contributed by atoms with Crippen LogP contribution in [0.3, 0.4) is 0 Å². The number of piperidine rings is 1. The van der Waals surface area contributed by atoms with Gasteiger partial charge in [0.15, 0.2) is 0 Å². The molecular weight excluding hydrogens is 296 g/mol. The SMILES string of the molecule is COc1cc(C(=O)N2CCCC(C(=O)N3CCCC3)C2)ncn1. The van der Waals surface area contributed by atoms with E-state index in [1.165, 1.54) is 19.5 Å². The third kappa shape index (κ3) is 3.43. The van der Waals surface area contributed by atoms with Crippen LogP contribution in [-0.2, 0) is 4.79 Å². The number of rotatable bonds is 3. The van der Waals surface area contributed by atoms with E-state index in [4.69, 9.17) is 4.74 Å². The molecule has 1 atom stereocenters. The molecule has 2 aliphatic rings. The minimum Gasteiger partial charge on any atom is -0.481 e. The fourth-order valence-electron chi connectivity index (χ4n) is 3.29. The van der Waals surface area contributed by atoms with E-state index in [0.29, 0.717) is 24.7 Å². The van der Waals surface area contributed by atoms with Crippen LogP contribution in [0.1, 0.15) is 36.2 Å². The van der Waals surface area contributed by atoms with Crippen LogP contribution < -0.4 is 4.74 Å². The molecule has 7 heteroatoms. The number of nitrogens with zero attached hydrogens (tertiary/aromatic N) is 4. The zero-order valence-electron chi connectivity index (χ0n) is 13.4. The van der Waals surface area contributed by atoms with Gasteiger partial charge in [0.2, 0.25) is 11.8 Å². The molecule has 1 unspecified atom stereocenters. The van der Waals surface area contributed by atoms with Crippen LogP contribution in [0, 0.1) is 5.92 Å². The Kier molecular flexibility index (Phi) is 4.73. The van der Waals surface area contributed by atoms with Crippen molar-refractivity contribution < 1.29 is 14.3 Å². The topological polar surface area (TPSA) is 75.6 Å². The van der Waals surface area contributed by atoms with Crippen molar-refractivity contribution in [1.82, 2.24) is 19.8 Å². The Labute approximate surface area is 135 Å². The van der Waals surface area contributed by atoms with Gasteiger partial charge in [-0.1, -0.05) is 0 Å². The number of hydrogen-bond acceptors (Lipinski definition) is 5. The van der Waals surface area contributed by atoms with E-state index >= 15 is 0 Å². The van der Waals surface area contributed by atoms with Crippen molar-refractivity contribution in [2.75, 3.05) is 33.3 Å². The Morgan fingerprint density at radius 3 is 2.61 bits per heavy atom. The third-order valence-corrected chi connectivity index (χ3v) is 4.55. The number of amides is 2. The van der Waals surface area contributed by atoms with Gasteiger partial charge in [0.1, 0.15) is 12.0 Å². The number of carbonyl (C=O) groups is 2. The Morgan fingerprint density at radius 1 is 1.13 bits per heavy atom. The molecule has 2 saturated heterocycles. The summed E-state index contributed by atoms with van der Waals surface area (Å²) in [4.78, 5) is 36.8. The highest BCUT2D eigenvalue weighted by Crippen LogP contribution is 2.22.